The summed E-state index contributed by atoms with van der Waals surface area (Å²) in [6.45, 7) is 2.02. The summed E-state index contributed by atoms with van der Waals surface area (Å²) in [6, 6.07) is 6.07. The monoisotopic (exact) mass is 178 g/mol. The third kappa shape index (κ3) is 1.30. The maximum atomic E-state index is 5.30. The molecule has 13 heavy (non-hydrogen) atoms. The zero-order valence-electron chi connectivity index (χ0n) is 8.00. The van der Waals surface area contributed by atoms with Crippen LogP contribution in [0.1, 0.15) is 0 Å². The normalized spacial score (nSPS) is 14.8. The number of benzene rings is 1. The van der Waals surface area contributed by atoms with E-state index in [-0.39, 0.29) is 0 Å². The lowest BCUT2D eigenvalue weighted by molar-refractivity contribution is 0.415. The fraction of sp³-hybridized carbons (Fsp3) is 0.400. The standard InChI is InChI=1S/C10H14N2O/c1-12-7-6-11-8-4-3-5-9(13-2)10(8)12/h3-5,11H,6-7H2,1-2H3. The van der Waals surface area contributed by atoms with Gasteiger partial charge in [-0.1, -0.05) is 6.07 Å². The van der Waals surface area contributed by atoms with E-state index in [4.69, 9.17) is 4.74 Å². The Morgan fingerprint density at radius 2 is 2.31 bits per heavy atom. The van der Waals surface area contributed by atoms with E-state index in [9.17, 15) is 0 Å². The molecule has 3 nitrogen and oxygen atoms in total. The minimum absolute atomic E-state index is 0.937. The minimum Gasteiger partial charge on any atom is -0.495 e. The summed E-state index contributed by atoms with van der Waals surface area (Å²) in [7, 11) is 3.79. The summed E-state index contributed by atoms with van der Waals surface area (Å²) in [5.41, 5.74) is 2.32. The van der Waals surface area contributed by atoms with Crippen molar-refractivity contribution in [3.05, 3.63) is 18.2 Å². The van der Waals surface area contributed by atoms with Gasteiger partial charge in [0.1, 0.15) is 11.4 Å². The van der Waals surface area contributed by atoms with E-state index in [0.29, 0.717) is 0 Å². The molecule has 0 unspecified atom stereocenters. The van der Waals surface area contributed by atoms with Gasteiger partial charge in [-0.2, -0.15) is 0 Å². The number of anilines is 2. The molecular formula is C10H14N2O. The van der Waals surface area contributed by atoms with Gasteiger partial charge in [0.2, 0.25) is 0 Å². The Balaban J connectivity index is 2.50. The lowest BCUT2D eigenvalue weighted by atomic mass is 10.2. The Hall–Kier alpha value is -1.38. The number of likely N-dealkylation sites (N-methyl/N-ethyl adjacent to an activating group) is 1. The van der Waals surface area contributed by atoms with Crippen LogP contribution in [0.3, 0.4) is 0 Å². The SMILES string of the molecule is COc1cccc2c1N(C)CCN2. The Morgan fingerprint density at radius 1 is 1.46 bits per heavy atom. The number of ether oxygens (including phenoxy) is 1. The van der Waals surface area contributed by atoms with Gasteiger partial charge in [-0.15, -0.1) is 0 Å². The van der Waals surface area contributed by atoms with Crippen molar-refractivity contribution in [2.24, 2.45) is 0 Å². The van der Waals surface area contributed by atoms with Crippen LogP contribution in [0, 0.1) is 0 Å². The molecule has 0 saturated heterocycles. The molecule has 1 aromatic carbocycles. The summed E-state index contributed by atoms with van der Waals surface area (Å²) >= 11 is 0. The third-order valence-corrected chi connectivity index (χ3v) is 2.36. The predicted molar refractivity (Wildman–Crippen MR) is 54.8 cm³/mol. The van der Waals surface area contributed by atoms with Crippen LogP contribution in [0.15, 0.2) is 18.2 Å². The van der Waals surface area contributed by atoms with Crippen LogP contribution in [0.4, 0.5) is 11.4 Å². The van der Waals surface area contributed by atoms with Crippen LogP contribution in [-0.2, 0) is 0 Å². The molecule has 1 aliphatic rings. The number of rotatable bonds is 1. The highest BCUT2D eigenvalue weighted by molar-refractivity contribution is 5.78. The quantitative estimate of drug-likeness (QED) is 0.706. The summed E-state index contributed by atoms with van der Waals surface area (Å²) < 4.78 is 5.30. The first-order chi connectivity index (χ1) is 6.33. The summed E-state index contributed by atoms with van der Waals surface area (Å²) in [6.07, 6.45) is 0. The van der Waals surface area contributed by atoms with Crippen molar-refractivity contribution in [1.29, 1.82) is 0 Å². The topological polar surface area (TPSA) is 24.5 Å². The van der Waals surface area contributed by atoms with E-state index in [0.717, 1.165) is 30.2 Å². The van der Waals surface area contributed by atoms with Gasteiger partial charge in [0, 0.05) is 20.1 Å². The van der Waals surface area contributed by atoms with Crippen LogP contribution in [0.25, 0.3) is 0 Å². The van der Waals surface area contributed by atoms with Gasteiger partial charge in [0.05, 0.1) is 12.8 Å². The largest absolute Gasteiger partial charge is 0.495 e. The highest BCUT2D eigenvalue weighted by atomic mass is 16.5. The maximum Gasteiger partial charge on any atom is 0.144 e. The molecule has 70 valence electrons. The summed E-state index contributed by atoms with van der Waals surface area (Å²) in [5, 5.41) is 3.35. The molecule has 1 N–H and O–H groups in total. The van der Waals surface area contributed by atoms with Crippen molar-refractivity contribution >= 4 is 11.4 Å². The van der Waals surface area contributed by atoms with Crippen LogP contribution in [0.5, 0.6) is 5.75 Å². The molecule has 0 amide bonds. The first-order valence-corrected chi connectivity index (χ1v) is 4.45. The lowest BCUT2D eigenvalue weighted by Crippen LogP contribution is -2.30. The fourth-order valence-electron chi connectivity index (χ4n) is 1.69. The molecule has 0 spiro atoms. The van der Waals surface area contributed by atoms with E-state index in [1.807, 2.05) is 12.1 Å². The Labute approximate surface area is 78.3 Å². The molecule has 0 bridgehead atoms. The number of nitrogens with zero attached hydrogens (tertiary/aromatic N) is 1. The van der Waals surface area contributed by atoms with Gasteiger partial charge in [-0.25, -0.2) is 0 Å². The van der Waals surface area contributed by atoms with Crippen LogP contribution >= 0.6 is 0 Å². The van der Waals surface area contributed by atoms with Crippen LogP contribution in [0.2, 0.25) is 0 Å². The van der Waals surface area contributed by atoms with Crippen molar-refractivity contribution in [2.45, 2.75) is 0 Å². The molecule has 0 fully saturated rings. The second kappa shape index (κ2) is 3.17. The minimum atomic E-state index is 0.937. The Bertz CT molecular complexity index is 298. The number of methoxy groups -OCH3 is 1. The molecule has 3 heteroatoms. The Kier molecular flexibility index (Phi) is 2.00. The number of fused-ring (bicyclic) bond motifs is 1. The molecule has 0 saturated carbocycles. The molecule has 0 radical (unpaired) electrons. The second-order valence-electron chi connectivity index (χ2n) is 3.20. The molecule has 0 atom stereocenters. The maximum absolute atomic E-state index is 5.30. The first-order valence-electron chi connectivity index (χ1n) is 4.45. The van der Waals surface area contributed by atoms with Crippen molar-refractivity contribution in [1.82, 2.24) is 0 Å². The Morgan fingerprint density at radius 3 is 3.08 bits per heavy atom. The van der Waals surface area contributed by atoms with Crippen molar-refractivity contribution in [3.63, 3.8) is 0 Å². The zero-order valence-corrected chi connectivity index (χ0v) is 8.00. The van der Waals surface area contributed by atoms with E-state index in [1.54, 1.807) is 7.11 Å². The van der Waals surface area contributed by atoms with Gasteiger partial charge in [-0.3, -0.25) is 0 Å². The molecule has 0 aliphatic carbocycles. The zero-order chi connectivity index (χ0) is 9.26. The number of hydrogen-bond acceptors (Lipinski definition) is 3. The first kappa shape index (κ1) is 8.23. The van der Waals surface area contributed by atoms with E-state index in [2.05, 4.69) is 23.3 Å². The van der Waals surface area contributed by atoms with Crippen LogP contribution in [-0.4, -0.2) is 27.2 Å². The average Bonchev–Trinajstić information content (AvgIpc) is 2.17. The summed E-state index contributed by atoms with van der Waals surface area (Å²) in [5.74, 6) is 0.937. The van der Waals surface area contributed by atoms with Crippen molar-refractivity contribution < 1.29 is 4.74 Å². The third-order valence-electron chi connectivity index (χ3n) is 2.36. The molecule has 1 heterocycles. The molecule has 0 aromatic heterocycles. The van der Waals surface area contributed by atoms with Gasteiger partial charge in [0.15, 0.2) is 0 Å². The summed E-state index contributed by atoms with van der Waals surface area (Å²) in [4.78, 5) is 2.21. The average molecular weight is 178 g/mol. The fourth-order valence-corrected chi connectivity index (χ4v) is 1.69. The number of para-hydroxylation sites is 1. The highest BCUT2D eigenvalue weighted by Crippen LogP contribution is 2.36. The van der Waals surface area contributed by atoms with Gasteiger partial charge in [-0.05, 0) is 12.1 Å². The predicted octanol–water partition coefficient (Wildman–Crippen LogP) is 1.56. The van der Waals surface area contributed by atoms with Gasteiger partial charge < -0.3 is 15.0 Å². The lowest BCUT2D eigenvalue weighted by Gasteiger charge is -2.29. The molecule has 1 aliphatic heterocycles. The van der Waals surface area contributed by atoms with Crippen molar-refractivity contribution in [2.75, 3.05) is 37.5 Å². The molecule has 1 aromatic rings. The number of hydrogen-bond donors (Lipinski definition) is 1. The molecule has 2 rings (SSSR count). The highest BCUT2D eigenvalue weighted by Gasteiger charge is 2.16. The van der Waals surface area contributed by atoms with Gasteiger partial charge in [0.25, 0.3) is 0 Å². The van der Waals surface area contributed by atoms with E-state index < -0.39 is 0 Å². The van der Waals surface area contributed by atoms with Gasteiger partial charge >= 0.3 is 0 Å². The van der Waals surface area contributed by atoms with E-state index >= 15 is 0 Å². The second-order valence-corrected chi connectivity index (χ2v) is 3.20. The van der Waals surface area contributed by atoms with E-state index in [1.165, 1.54) is 0 Å². The van der Waals surface area contributed by atoms with Crippen LogP contribution < -0.4 is 15.0 Å². The molecular weight excluding hydrogens is 164 g/mol. The smallest absolute Gasteiger partial charge is 0.144 e. The number of nitrogens with one attached hydrogen (secondary N) is 1. The van der Waals surface area contributed by atoms with Crippen molar-refractivity contribution in [3.8, 4) is 5.75 Å².